The van der Waals surface area contributed by atoms with Crippen molar-refractivity contribution in [2.45, 2.75) is 26.9 Å². The second-order valence-electron chi connectivity index (χ2n) is 3.10. The molecule has 84 valence electrons. The van der Waals surface area contributed by atoms with Gasteiger partial charge in [-0.25, -0.2) is 9.97 Å². The highest BCUT2D eigenvalue weighted by Gasteiger charge is 2.10. The van der Waals surface area contributed by atoms with Crippen LogP contribution in [-0.2, 0) is 17.9 Å². The molecule has 0 saturated heterocycles. The molecular weight excluding hydrogens is 216 g/mol. The van der Waals surface area contributed by atoms with Crippen molar-refractivity contribution in [2.24, 2.45) is 5.73 Å². The topological polar surface area (TPSA) is 80.9 Å². The number of hydrogen-bond acceptors (Lipinski definition) is 4. The van der Waals surface area contributed by atoms with Crippen LogP contribution < -0.4 is 11.1 Å². The molecule has 15 heavy (non-hydrogen) atoms. The van der Waals surface area contributed by atoms with Gasteiger partial charge in [0, 0.05) is 31.8 Å². The Labute approximate surface area is 94.9 Å². The number of halogens is 1. The van der Waals surface area contributed by atoms with E-state index in [0.29, 0.717) is 0 Å². The van der Waals surface area contributed by atoms with Gasteiger partial charge in [0.2, 0.25) is 5.91 Å². The lowest BCUT2D eigenvalue weighted by molar-refractivity contribution is -0.115. The zero-order chi connectivity index (χ0) is 10.6. The lowest BCUT2D eigenvalue weighted by Crippen LogP contribution is -2.01. The van der Waals surface area contributed by atoms with Gasteiger partial charge in [-0.1, -0.05) is 0 Å². The molecule has 6 heteroatoms. The molecule has 1 aliphatic rings. The van der Waals surface area contributed by atoms with Crippen LogP contribution in [0.25, 0.3) is 0 Å². The summed E-state index contributed by atoms with van der Waals surface area (Å²) < 4.78 is 0. The van der Waals surface area contributed by atoms with Crippen molar-refractivity contribution >= 4 is 18.3 Å². The third-order valence-electron chi connectivity index (χ3n) is 1.68. The molecule has 1 amide bonds. The molecule has 2 rings (SSSR count). The highest BCUT2D eigenvalue weighted by molar-refractivity contribution is 5.85. The van der Waals surface area contributed by atoms with Crippen molar-refractivity contribution in [2.75, 3.05) is 0 Å². The zero-order valence-corrected chi connectivity index (χ0v) is 9.60. The van der Waals surface area contributed by atoms with Crippen LogP contribution in [0, 0.1) is 6.92 Å². The molecule has 0 aromatic carbocycles. The average molecular weight is 231 g/mol. The Kier molecular flexibility index (Phi) is 5.81. The normalized spacial score (nSPS) is 11.9. The molecule has 0 spiro atoms. The van der Waals surface area contributed by atoms with E-state index in [9.17, 15) is 4.79 Å². The molecule has 3 N–H and O–H groups in total. The number of nitrogens with one attached hydrogen (secondary N) is 1. The largest absolute Gasteiger partial charge is 0.370 e. The number of aryl methyl sites for hydroxylation is 1. The Balaban J connectivity index is 0.000000346. The summed E-state index contributed by atoms with van der Waals surface area (Å²) in [6.07, 6.45) is 1.90. The average Bonchev–Trinajstić information content (AvgIpc) is 2.49. The standard InChI is InChI=1S/C7H9N3.C2H5NO.ClH/c1-5-9-3-6-2-8-4-7(6)10-5;1-2(3)4;/h3,8H,2,4H2,1H3;1H3,(H2,3,4);1H. The van der Waals surface area contributed by atoms with Gasteiger partial charge in [0.1, 0.15) is 5.82 Å². The van der Waals surface area contributed by atoms with Gasteiger partial charge in [0.15, 0.2) is 0 Å². The molecule has 1 aromatic rings. The van der Waals surface area contributed by atoms with E-state index >= 15 is 0 Å². The Morgan fingerprint density at radius 3 is 2.73 bits per heavy atom. The molecule has 1 aromatic heterocycles. The van der Waals surface area contributed by atoms with E-state index in [1.54, 1.807) is 0 Å². The van der Waals surface area contributed by atoms with Crippen LogP contribution in [0.4, 0.5) is 0 Å². The van der Waals surface area contributed by atoms with E-state index < -0.39 is 0 Å². The molecule has 2 heterocycles. The number of carbonyl (C=O) groups is 1. The van der Waals surface area contributed by atoms with Gasteiger partial charge in [-0.05, 0) is 6.92 Å². The van der Waals surface area contributed by atoms with Crippen LogP contribution in [0.2, 0.25) is 0 Å². The van der Waals surface area contributed by atoms with Gasteiger partial charge in [-0.15, -0.1) is 12.4 Å². The Bertz CT molecular complexity index is 339. The number of amides is 1. The lowest BCUT2D eigenvalue weighted by atomic mass is 10.3. The van der Waals surface area contributed by atoms with E-state index in [-0.39, 0.29) is 18.3 Å². The molecule has 0 saturated carbocycles. The van der Waals surface area contributed by atoms with Crippen LogP contribution in [0.5, 0.6) is 0 Å². The van der Waals surface area contributed by atoms with Crippen molar-refractivity contribution in [3.05, 3.63) is 23.3 Å². The van der Waals surface area contributed by atoms with Gasteiger partial charge in [0.25, 0.3) is 0 Å². The third-order valence-corrected chi connectivity index (χ3v) is 1.68. The van der Waals surface area contributed by atoms with Crippen LogP contribution in [-0.4, -0.2) is 15.9 Å². The summed E-state index contributed by atoms with van der Waals surface area (Å²) >= 11 is 0. The maximum absolute atomic E-state index is 9.22. The molecule has 0 unspecified atom stereocenters. The monoisotopic (exact) mass is 230 g/mol. The molecule has 0 atom stereocenters. The molecule has 0 radical (unpaired) electrons. The minimum atomic E-state index is -0.333. The Morgan fingerprint density at radius 1 is 1.53 bits per heavy atom. The Morgan fingerprint density at radius 2 is 2.13 bits per heavy atom. The molecule has 0 fully saturated rings. The number of fused-ring (bicyclic) bond motifs is 1. The second-order valence-corrected chi connectivity index (χ2v) is 3.10. The van der Waals surface area contributed by atoms with E-state index in [4.69, 9.17) is 0 Å². The summed E-state index contributed by atoms with van der Waals surface area (Å²) in [5.41, 5.74) is 6.87. The number of carbonyl (C=O) groups excluding carboxylic acids is 1. The van der Waals surface area contributed by atoms with Crippen LogP contribution in [0.15, 0.2) is 6.20 Å². The SMILES string of the molecule is CC(N)=O.Cc1ncc2c(n1)CNC2.Cl. The van der Waals surface area contributed by atoms with Crippen LogP contribution in [0.3, 0.4) is 0 Å². The van der Waals surface area contributed by atoms with Crippen molar-refractivity contribution in [1.82, 2.24) is 15.3 Å². The van der Waals surface area contributed by atoms with Crippen LogP contribution >= 0.6 is 12.4 Å². The molecule has 0 aliphatic carbocycles. The van der Waals surface area contributed by atoms with E-state index in [0.717, 1.165) is 24.6 Å². The number of rotatable bonds is 0. The van der Waals surface area contributed by atoms with E-state index in [2.05, 4.69) is 21.0 Å². The number of hydrogen-bond donors (Lipinski definition) is 2. The van der Waals surface area contributed by atoms with Crippen molar-refractivity contribution < 1.29 is 4.79 Å². The first kappa shape index (κ1) is 13.8. The second kappa shape index (κ2) is 6.31. The lowest BCUT2D eigenvalue weighted by Gasteiger charge is -1.95. The summed E-state index contributed by atoms with van der Waals surface area (Å²) in [5, 5.41) is 3.21. The van der Waals surface area contributed by atoms with Crippen molar-refractivity contribution in [3.8, 4) is 0 Å². The van der Waals surface area contributed by atoms with Gasteiger partial charge >= 0.3 is 0 Å². The molecule has 1 aliphatic heterocycles. The summed E-state index contributed by atoms with van der Waals surface area (Å²) in [5.74, 6) is 0.530. The summed E-state index contributed by atoms with van der Waals surface area (Å²) in [6, 6.07) is 0. The maximum atomic E-state index is 9.22. The van der Waals surface area contributed by atoms with Crippen molar-refractivity contribution in [3.63, 3.8) is 0 Å². The minimum absolute atomic E-state index is 0. The molecule has 0 bridgehead atoms. The smallest absolute Gasteiger partial charge is 0.214 e. The maximum Gasteiger partial charge on any atom is 0.214 e. The van der Waals surface area contributed by atoms with E-state index in [1.165, 1.54) is 12.5 Å². The van der Waals surface area contributed by atoms with Gasteiger partial charge in [-0.2, -0.15) is 0 Å². The van der Waals surface area contributed by atoms with E-state index in [1.807, 2.05) is 13.1 Å². The molecular formula is C9H15ClN4O. The minimum Gasteiger partial charge on any atom is -0.370 e. The number of nitrogens with two attached hydrogens (primary N) is 1. The highest BCUT2D eigenvalue weighted by atomic mass is 35.5. The van der Waals surface area contributed by atoms with Crippen LogP contribution in [0.1, 0.15) is 24.0 Å². The number of aromatic nitrogens is 2. The highest BCUT2D eigenvalue weighted by Crippen LogP contribution is 2.10. The fourth-order valence-corrected chi connectivity index (χ4v) is 1.16. The summed E-state index contributed by atoms with van der Waals surface area (Å²) in [7, 11) is 0. The first-order chi connectivity index (χ1) is 6.59. The predicted octanol–water partition coefficient (Wildman–Crippen LogP) is 0.302. The fourth-order valence-electron chi connectivity index (χ4n) is 1.16. The number of nitrogens with zero attached hydrogens (tertiary/aromatic N) is 2. The molecule has 5 nitrogen and oxygen atoms in total. The zero-order valence-electron chi connectivity index (χ0n) is 8.78. The van der Waals surface area contributed by atoms with Gasteiger partial charge < -0.3 is 11.1 Å². The third kappa shape index (κ3) is 4.71. The first-order valence-electron chi connectivity index (χ1n) is 4.37. The summed E-state index contributed by atoms with van der Waals surface area (Å²) in [4.78, 5) is 17.6. The Hall–Kier alpha value is -1.20. The quantitative estimate of drug-likeness (QED) is 0.672. The van der Waals surface area contributed by atoms with Gasteiger partial charge in [-0.3, -0.25) is 4.79 Å². The van der Waals surface area contributed by atoms with Crippen molar-refractivity contribution in [1.29, 1.82) is 0 Å². The summed E-state index contributed by atoms with van der Waals surface area (Å²) in [6.45, 7) is 5.05. The first-order valence-corrected chi connectivity index (χ1v) is 4.37. The fraction of sp³-hybridized carbons (Fsp3) is 0.444. The number of primary amides is 1. The van der Waals surface area contributed by atoms with Gasteiger partial charge in [0.05, 0.1) is 5.69 Å². The predicted molar refractivity (Wildman–Crippen MR) is 59.4 cm³/mol.